The van der Waals surface area contributed by atoms with Gasteiger partial charge in [0.05, 0.1) is 5.41 Å². The van der Waals surface area contributed by atoms with Gasteiger partial charge in [-0.05, 0) is 63.5 Å². The first kappa shape index (κ1) is 24.1. The van der Waals surface area contributed by atoms with Crippen molar-refractivity contribution in [2.45, 2.75) is 78.7 Å². The third-order valence-electron chi connectivity index (χ3n) is 6.21. The highest BCUT2D eigenvalue weighted by Crippen LogP contribution is 2.37. The Morgan fingerprint density at radius 2 is 1.69 bits per heavy atom. The molecule has 2 N–H and O–H groups in total. The van der Waals surface area contributed by atoms with Crippen molar-refractivity contribution in [3.8, 4) is 0 Å². The summed E-state index contributed by atoms with van der Waals surface area (Å²) < 4.78 is 5.71. The second kappa shape index (κ2) is 11.9. The number of likely N-dealkylation sites (tertiary alicyclic amines) is 1. The first-order valence-corrected chi connectivity index (χ1v) is 11.7. The number of hydrogen-bond acceptors (Lipinski definition) is 4. The largest absolute Gasteiger partial charge is 0.381 e. The van der Waals surface area contributed by atoms with E-state index in [1.165, 1.54) is 0 Å². The lowest BCUT2D eigenvalue weighted by Gasteiger charge is -2.42. The number of ether oxygens (including phenoxy) is 1. The molecule has 6 heteroatoms. The summed E-state index contributed by atoms with van der Waals surface area (Å²) in [6.45, 7) is 13.7. The van der Waals surface area contributed by atoms with Crippen molar-refractivity contribution in [2.24, 2.45) is 17.3 Å². The molecule has 2 aliphatic heterocycles. The summed E-state index contributed by atoms with van der Waals surface area (Å²) in [6, 6.07) is -0.447. The Labute approximate surface area is 177 Å². The summed E-state index contributed by atoms with van der Waals surface area (Å²) in [6.07, 6.45) is 6.11. The number of nitrogens with one attached hydrogen (secondary N) is 2. The van der Waals surface area contributed by atoms with E-state index in [2.05, 4.69) is 43.2 Å². The summed E-state index contributed by atoms with van der Waals surface area (Å²) >= 11 is 0. The van der Waals surface area contributed by atoms with E-state index in [1.807, 2.05) is 0 Å². The molecule has 2 amide bonds. The van der Waals surface area contributed by atoms with Crippen LogP contribution in [0.4, 0.5) is 0 Å². The van der Waals surface area contributed by atoms with E-state index in [-0.39, 0.29) is 17.2 Å². The fourth-order valence-electron chi connectivity index (χ4n) is 4.56. The molecular weight excluding hydrogens is 366 g/mol. The molecule has 0 radical (unpaired) electrons. The van der Waals surface area contributed by atoms with Gasteiger partial charge in [-0.3, -0.25) is 9.59 Å². The Balaban J connectivity index is 2.12. The molecule has 0 aromatic carbocycles. The summed E-state index contributed by atoms with van der Waals surface area (Å²) in [4.78, 5) is 28.7. The maximum absolute atomic E-state index is 13.5. The minimum atomic E-state index is -0.447. The fourth-order valence-corrected chi connectivity index (χ4v) is 4.56. The molecule has 0 aromatic rings. The fraction of sp³-hybridized carbons (Fsp3) is 0.913. The first-order valence-electron chi connectivity index (χ1n) is 11.7. The number of piperidine rings is 1. The standard InChI is InChI=1S/C23H43N3O3/c1-18(2)16-20-21(27)24-11-7-15-29-14-6-5-8-23(22(28)25-20)9-12-26(13-10-23)17-19(3)4/h18-20H,5-17H2,1-4H3,(H,24,27)(H,25,28)/t20-/m0/s1. The molecule has 2 heterocycles. The van der Waals surface area contributed by atoms with Crippen LogP contribution in [-0.4, -0.2) is 62.1 Å². The Morgan fingerprint density at radius 1 is 1.00 bits per heavy atom. The van der Waals surface area contributed by atoms with Crippen LogP contribution in [-0.2, 0) is 14.3 Å². The summed E-state index contributed by atoms with van der Waals surface area (Å²) in [5, 5.41) is 6.16. The van der Waals surface area contributed by atoms with Gasteiger partial charge in [0.2, 0.25) is 11.8 Å². The number of hydrogen-bond donors (Lipinski definition) is 2. The third kappa shape index (κ3) is 7.89. The summed E-state index contributed by atoms with van der Waals surface area (Å²) in [5.41, 5.74) is -0.354. The van der Waals surface area contributed by atoms with Crippen LogP contribution < -0.4 is 10.6 Å². The van der Waals surface area contributed by atoms with E-state index in [4.69, 9.17) is 4.74 Å². The van der Waals surface area contributed by atoms with E-state index in [0.717, 1.165) is 64.8 Å². The number of rotatable bonds is 4. The highest BCUT2D eigenvalue weighted by atomic mass is 16.5. The van der Waals surface area contributed by atoms with E-state index < -0.39 is 6.04 Å². The maximum atomic E-state index is 13.5. The number of amides is 2. The van der Waals surface area contributed by atoms with E-state index in [0.29, 0.717) is 31.4 Å². The van der Waals surface area contributed by atoms with E-state index >= 15 is 0 Å². The quantitative estimate of drug-likeness (QED) is 0.749. The molecule has 2 saturated heterocycles. The molecule has 2 aliphatic rings. The Morgan fingerprint density at radius 3 is 2.34 bits per heavy atom. The SMILES string of the molecule is CC(C)C[C@@H]1NC(=O)C2(CCCCOCCCNC1=O)CCN(CC(C)C)CC2. The molecule has 168 valence electrons. The van der Waals surface area contributed by atoms with Gasteiger partial charge in [0.25, 0.3) is 0 Å². The van der Waals surface area contributed by atoms with Gasteiger partial charge in [-0.25, -0.2) is 0 Å². The molecule has 0 aliphatic carbocycles. The topological polar surface area (TPSA) is 70.7 Å². The summed E-state index contributed by atoms with van der Waals surface area (Å²) in [5.74, 6) is 1.01. The lowest BCUT2D eigenvalue weighted by molar-refractivity contribution is -0.138. The predicted molar refractivity (Wildman–Crippen MR) is 117 cm³/mol. The number of nitrogens with zero attached hydrogens (tertiary/aromatic N) is 1. The highest BCUT2D eigenvalue weighted by Gasteiger charge is 2.42. The number of carbonyl (C=O) groups excluding carboxylic acids is 2. The van der Waals surface area contributed by atoms with Crippen LogP contribution in [0.25, 0.3) is 0 Å². The zero-order valence-electron chi connectivity index (χ0n) is 19.1. The first-order chi connectivity index (χ1) is 13.8. The van der Waals surface area contributed by atoms with Crippen LogP contribution in [0.3, 0.4) is 0 Å². The Bertz CT molecular complexity index is 513. The van der Waals surface area contributed by atoms with Crippen LogP contribution in [0.15, 0.2) is 0 Å². The van der Waals surface area contributed by atoms with Crippen molar-refractivity contribution in [1.82, 2.24) is 15.5 Å². The minimum absolute atomic E-state index is 0.0588. The van der Waals surface area contributed by atoms with Crippen molar-refractivity contribution < 1.29 is 14.3 Å². The maximum Gasteiger partial charge on any atom is 0.242 e. The van der Waals surface area contributed by atoms with Gasteiger partial charge in [0.15, 0.2) is 0 Å². The smallest absolute Gasteiger partial charge is 0.242 e. The van der Waals surface area contributed by atoms with Crippen molar-refractivity contribution >= 4 is 11.8 Å². The van der Waals surface area contributed by atoms with Crippen LogP contribution in [0, 0.1) is 17.3 Å². The molecule has 6 nitrogen and oxygen atoms in total. The van der Waals surface area contributed by atoms with Crippen molar-refractivity contribution in [3.05, 3.63) is 0 Å². The second-order valence-electron chi connectivity index (χ2n) is 9.84. The molecule has 1 atom stereocenters. The normalized spacial score (nSPS) is 25.7. The van der Waals surface area contributed by atoms with Gasteiger partial charge in [0, 0.05) is 26.3 Å². The van der Waals surface area contributed by atoms with Gasteiger partial charge in [0.1, 0.15) is 6.04 Å². The molecular formula is C23H43N3O3. The van der Waals surface area contributed by atoms with E-state index in [1.54, 1.807) is 0 Å². The van der Waals surface area contributed by atoms with Crippen molar-refractivity contribution in [2.75, 3.05) is 39.4 Å². The Hall–Kier alpha value is -1.14. The van der Waals surface area contributed by atoms with Crippen LogP contribution in [0.1, 0.15) is 72.6 Å². The molecule has 1 spiro atoms. The van der Waals surface area contributed by atoms with Gasteiger partial charge in [-0.1, -0.05) is 34.1 Å². The van der Waals surface area contributed by atoms with Crippen molar-refractivity contribution in [3.63, 3.8) is 0 Å². The van der Waals surface area contributed by atoms with Crippen LogP contribution in [0.2, 0.25) is 0 Å². The average Bonchev–Trinajstić information content (AvgIpc) is 2.66. The number of carbonyl (C=O) groups is 2. The lowest BCUT2D eigenvalue weighted by Crippen LogP contribution is -2.55. The Kier molecular flexibility index (Phi) is 9.90. The molecule has 0 unspecified atom stereocenters. The van der Waals surface area contributed by atoms with Gasteiger partial charge in [-0.15, -0.1) is 0 Å². The second-order valence-corrected chi connectivity index (χ2v) is 9.84. The van der Waals surface area contributed by atoms with Gasteiger partial charge < -0.3 is 20.3 Å². The highest BCUT2D eigenvalue weighted by molar-refractivity contribution is 5.90. The predicted octanol–water partition coefficient (Wildman–Crippen LogP) is 2.96. The van der Waals surface area contributed by atoms with Crippen LogP contribution >= 0.6 is 0 Å². The van der Waals surface area contributed by atoms with Gasteiger partial charge >= 0.3 is 0 Å². The van der Waals surface area contributed by atoms with Crippen molar-refractivity contribution in [1.29, 1.82) is 0 Å². The van der Waals surface area contributed by atoms with Crippen LogP contribution in [0.5, 0.6) is 0 Å². The van der Waals surface area contributed by atoms with Gasteiger partial charge in [-0.2, -0.15) is 0 Å². The zero-order chi connectivity index (χ0) is 21.3. The average molecular weight is 410 g/mol. The zero-order valence-corrected chi connectivity index (χ0v) is 19.1. The lowest BCUT2D eigenvalue weighted by atomic mass is 9.73. The minimum Gasteiger partial charge on any atom is -0.381 e. The molecule has 0 bridgehead atoms. The molecule has 0 saturated carbocycles. The molecule has 29 heavy (non-hydrogen) atoms. The molecule has 2 fully saturated rings. The monoisotopic (exact) mass is 409 g/mol. The molecule has 2 rings (SSSR count). The van der Waals surface area contributed by atoms with E-state index in [9.17, 15) is 9.59 Å². The summed E-state index contributed by atoms with van der Waals surface area (Å²) in [7, 11) is 0. The third-order valence-corrected chi connectivity index (χ3v) is 6.21. The molecule has 0 aromatic heterocycles.